The highest BCUT2D eigenvalue weighted by Gasteiger charge is 2.28. The van der Waals surface area contributed by atoms with E-state index in [4.69, 9.17) is 0 Å². The summed E-state index contributed by atoms with van der Waals surface area (Å²) in [4.78, 5) is 14.2. The zero-order valence-electron chi connectivity index (χ0n) is 14.6. The smallest absolute Gasteiger partial charge is 0.317 e. The number of nitrogens with zero attached hydrogens (tertiary/aromatic N) is 3. The molecule has 9 heteroatoms. The average molecular weight is 369 g/mol. The Morgan fingerprint density at radius 2 is 2.08 bits per heavy atom. The van der Waals surface area contributed by atoms with Gasteiger partial charge in [-0.15, -0.1) is 0 Å². The lowest BCUT2D eigenvalue weighted by atomic mass is 9.94. The molecule has 2 amide bonds. The maximum absolute atomic E-state index is 12.4. The largest absolute Gasteiger partial charge is 0.338 e. The predicted molar refractivity (Wildman–Crippen MR) is 94.7 cm³/mol. The molecule has 1 aromatic rings. The first kappa shape index (κ1) is 18.2. The molecular formula is C16H27N5O3S. The minimum atomic E-state index is -3.14. The van der Waals surface area contributed by atoms with Gasteiger partial charge in [0, 0.05) is 50.5 Å². The Morgan fingerprint density at radius 1 is 1.32 bits per heavy atom. The lowest BCUT2D eigenvalue weighted by Crippen LogP contribution is -2.48. The number of nitrogens with one attached hydrogen (secondary N) is 2. The first-order valence-electron chi connectivity index (χ1n) is 8.90. The van der Waals surface area contributed by atoms with Gasteiger partial charge in [-0.1, -0.05) is 0 Å². The monoisotopic (exact) mass is 369 g/mol. The van der Waals surface area contributed by atoms with Gasteiger partial charge >= 0.3 is 6.03 Å². The van der Waals surface area contributed by atoms with Crippen LogP contribution in [0.2, 0.25) is 0 Å². The van der Waals surface area contributed by atoms with E-state index in [1.165, 1.54) is 10.6 Å². The number of piperidine rings is 2. The Balaban J connectivity index is 1.42. The molecule has 1 atom stereocenters. The summed E-state index contributed by atoms with van der Waals surface area (Å²) in [6.07, 6.45) is 6.68. The van der Waals surface area contributed by atoms with Crippen LogP contribution in [0.4, 0.5) is 4.79 Å². The van der Waals surface area contributed by atoms with E-state index in [-0.39, 0.29) is 11.9 Å². The van der Waals surface area contributed by atoms with E-state index < -0.39 is 10.0 Å². The number of rotatable bonds is 4. The van der Waals surface area contributed by atoms with E-state index >= 15 is 0 Å². The molecule has 3 heterocycles. The Bertz CT molecular complexity index is 668. The number of amides is 2. The van der Waals surface area contributed by atoms with Gasteiger partial charge < -0.3 is 10.2 Å². The normalized spacial score (nSPS) is 23.6. The quantitative estimate of drug-likeness (QED) is 0.826. The first-order chi connectivity index (χ1) is 11.9. The molecule has 8 nitrogen and oxygen atoms in total. The minimum Gasteiger partial charge on any atom is -0.338 e. The van der Waals surface area contributed by atoms with Crippen molar-refractivity contribution in [3.05, 3.63) is 18.0 Å². The van der Waals surface area contributed by atoms with E-state index in [9.17, 15) is 13.2 Å². The summed E-state index contributed by atoms with van der Waals surface area (Å²) in [5, 5.41) is 9.99. The molecule has 2 fully saturated rings. The lowest BCUT2D eigenvalue weighted by Gasteiger charge is -2.33. The van der Waals surface area contributed by atoms with E-state index in [0.717, 1.165) is 44.5 Å². The van der Waals surface area contributed by atoms with Crippen molar-refractivity contribution in [2.75, 3.05) is 39.0 Å². The van der Waals surface area contributed by atoms with Crippen molar-refractivity contribution < 1.29 is 13.2 Å². The lowest BCUT2D eigenvalue weighted by molar-refractivity contribution is 0.176. The van der Waals surface area contributed by atoms with E-state index in [0.29, 0.717) is 25.6 Å². The van der Waals surface area contributed by atoms with Gasteiger partial charge in [-0.3, -0.25) is 5.10 Å². The highest BCUT2D eigenvalue weighted by molar-refractivity contribution is 7.88. The van der Waals surface area contributed by atoms with Crippen molar-refractivity contribution in [2.24, 2.45) is 5.92 Å². The third-order valence-electron chi connectivity index (χ3n) is 5.24. The summed E-state index contributed by atoms with van der Waals surface area (Å²) in [6.45, 7) is 3.09. The average Bonchev–Trinajstić information content (AvgIpc) is 3.14. The van der Waals surface area contributed by atoms with Crippen LogP contribution in [0.25, 0.3) is 0 Å². The highest BCUT2D eigenvalue weighted by Crippen LogP contribution is 2.26. The summed E-state index contributed by atoms with van der Waals surface area (Å²) in [6, 6.07) is 1.95. The van der Waals surface area contributed by atoms with Gasteiger partial charge in [-0.05, 0) is 37.7 Å². The van der Waals surface area contributed by atoms with Crippen LogP contribution in [0.5, 0.6) is 0 Å². The molecule has 0 aliphatic carbocycles. The van der Waals surface area contributed by atoms with Gasteiger partial charge in [0.25, 0.3) is 0 Å². The summed E-state index contributed by atoms with van der Waals surface area (Å²) in [5.74, 6) is 0.628. The molecule has 0 spiro atoms. The van der Waals surface area contributed by atoms with E-state index in [1.54, 1.807) is 6.20 Å². The molecule has 2 saturated heterocycles. The van der Waals surface area contributed by atoms with Crippen LogP contribution in [0.1, 0.15) is 37.3 Å². The number of H-pyrrole nitrogens is 1. The number of hydrogen-bond acceptors (Lipinski definition) is 4. The molecule has 3 rings (SSSR count). The molecule has 0 radical (unpaired) electrons. The number of sulfonamides is 1. The maximum Gasteiger partial charge on any atom is 0.317 e. The highest BCUT2D eigenvalue weighted by atomic mass is 32.2. The summed E-state index contributed by atoms with van der Waals surface area (Å²) >= 11 is 0. The number of aromatic nitrogens is 2. The second-order valence-corrected chi connectivity index (χ2v) is 9.07. The molecule has 1 aromatic heterocycles. The number of carbonyl (C=O) groups is 1. The standard InChI is InChI=1S/C16H27N5O3S/c1-25(23,24)21-8-2-3-13(12-21)11-17-16(22)20-9-5-14(6-10-20)15-4-7-18-19-15/h4,7,13-14H,2-3,5-6,8-12H2,1H3,(H,17,22)(H,18,19)/t13-/m1/s1. The Hall–Kier alpha value is -1.61. The molecule has 0 saturated carbocycles. The second kappa shape index (κ2) is 7.74. The number of hydrogen-bond donors (Lipinski definition) is 2. The fourth-order valence-electron chi connectivity index (χ4n) is 3.73. The van der Waals surface area contributed by atoms with E-state index in [1.807, 2.05) is 11.0 Å². The number of likely N-dealkylation sites (tertiary alicyclic amines) is 1. The van der Waals surface area contributed by atoms with Crippen molar-refractivity contribution in [1.82, 2.24) is 24.7 Å². The van der Waals surface area contributed by atoms with Crippen molar-refractivity contribution in [3.8, 4) is 0 Å². The summed E-state index contributed by atoms with van der Waals surface area (Å²) in [5.41, 5.74) is 1.14. The fraction of sp³-hybridized carbons (Fsp3) is 0.750. The van der Waals surface area contributed by atoms with Crippen LogP contribution < -0.4 is 5.32 Å². The third-order valence-corrected chi connectivity index (χ3v) is 6.51. The number of aromatic amines is 1. The molecule has 140 valence electrons. The van der Waals surface area contributed by atoms with Gasteiger partial charge in [0.2, 0.25) is 10.0 Å². The topological polar surface area (TPSA) is 98.4 Å². The Labute approximate surface area is 149 Å². The molecule has 2 aliphatic heterocycles. The minimum absolute atomic E-state index is 0.0421. The molecule has 0 aromatic carbocycles. The van der Waals surface area contributed by atoms with Crippen molar-refractivity contribution in [3.63, 3.8) is 0 Å². The predicted octanol–water partition coefficient (Wildman–Crippen LogP) is 0.970. The molecular weight excluding hydrogens is 342 g/mol. The van der Waals surface area contributed by atoms with Gasteiger partial charge in [-0.2, -0.15) is 5.10 Å². The van der Waals surface area contributed by atoms with Gasteiger partial charge in [0.05, 0.1) is 6.26 Å². The van der Waals surface area contributed by atoms with Crippen LogP contribution in [0, 0.1) is 5.92 Å². The van der Waals surface area contributed by atoms with Gasteiger partial charge in [0.15, 0.2) is 0 Å². The zero-order chi connectivity index (χ0) is 17.9. The van der Waals surface area contributed by atoms with Crippen LogP contribution in [-0.2, 0) is 10.0 Å². The molecule has 25 heavy (non-hydrogen) atoms. The fourth-order valence-corrected chi connectivity index (χ4v) is 4.67. The first-order valence-corrected chi connectivity index (χ1v) is 10.8. The van der Waals surface area contributed by atoms with Crippen molar-refractivity contribution in [1.29, 1.82) is 0 Å². The van der Waals surface area contributed by atoms with Crippen LogP contribution in [0.15, 0.2) is 12.3 Å². The second-order valence-electron chi connectivity index (χ2n) is 7.09. The van der Waals surface area contributed by atoms with Crippen LogP contribution >= 0.6 is 0 Å². The SMILES string of the molecule is CS(=O)(=O)N1CCC[C@H](CNC(=O)N2CCC(c3ccn[nH]3)CC2)C1. The molecule has 0 bridgehead atoms. The summed E-state index contributed by atoms with van der Waals surface area (Å²) < 4.78 is 24.9. The molecule has 2 aliphatic rings. The number of carbonyl (C=O) groups excluding carboxylic acids is 1. The summed E-state index contributed by atoms with van der Waals surface area (Å²) in [7, 11) is -3.14. The van der Waals surface area contributed by atoms with E-state index in [2.05, 4.69) is 15.5 Å². The maximum atomic E-state index is 12.4. The van der Waals surface area contributed by atoms with Crippen molar-refractivity contribution >= 4 is 16.1 Å². The Kier molecular flexibility index (Phi) is 5.63. The third kappa shape index (κ3) is 4.72. The van der Waals surface area contributed by atoms with Crippen molar-refractivity contribution in [2.45, 2.75) is 31.6 Å². The van der Waals surface area contributed by atoms with Gasteiger partial charge in [-0.25, -0.2) is 17.5 Å². The zero-order valence-corrected chi connectivity index (χ0v) is 15.5. The van der Waals surface area contributed by atoms with Crippen LogP contribution in [-0.4, -0.2) is 72.8 Å². The van der Waals surface area contributed by atoms with Crippen LogP contribution in [0.3, 0.4) is 0 Å². The Morgan fingerprint density at radius 3 is 2.72 bits per heavy atom. The number of urea groups is 1. The molecule has 0 unspecified atom stereocenters. The molecule has 2 N–H and O–H groups in total. The van der Waals surface area contributed by atoms with Gasteiger partial charge in [0.1, 0.15) is 0 Å².